The Morgan fingerprint density at radius 3 is 1.62 bits per heavy atom. The number of benzene rings is 11. The molecule has 11 aromatic rings. The molecule has 312 valence electrons. The highest BCUT2D eigenvalue weighted by atomic mass is 15.1. The highest BCUT2D eigenvalue weighted by Crippen LogP contribution is 2.53. The molecule has 0 saturated heterocycles. The van der Waals surface area contributed by atoms with E-state index in [9.17, 15) is 0 Å². The third-order valence-corrected chi connectivity index (χ3v) is 13.9. The van der Waals surface area contributed by atoms with Gasteiger partial charge < -0.3 is 4.90 Å². The molecule has 1 aliphatic rings. The van der Waals surface area contributed by atoms with E-state index < -0.39 is 0 Å². The van der Waals surface area contributed by atoms with Gasteiger partial charge in [0.05, 0.1) is 5.69 Å². The summed E-state index contributed by atoms with van der Waals surface area (Å²) in [6.07, 6.45) is 0. The first-order valence-corrected chi connectivity index (χ1v) is 23.0. The van der Waals surface area contributed by atoms with Gasteiger partial charge in [0.15, 0.2) is 0 Å². The second kappa shape index (κ2) is 16.1. The van der Waals surface area contributed by atoms with E-state index in [-0.39, 0.29) is 5.41 Å². The van der Waals surface area contributed by atoms with Crippen molar-refractivity contribution in [2.45, 2.75) is 19.3 Å². The van der Waals surface area contributed by atoms with Crippen molar-refractivity contribution in [3.63, 3.8) is 0 Å². The van der Waals surface area contributed by atoms with Crippen LogP contribution < -0.4 is 4.90 Å². The minimum absolute atomic E-state index is 0.0873. The van der Waals surface area contributed by atoms with E-state index in [0.717, 1.165) is 22.6 Å². The maximum absolute atomic E-state index is 2.46. The fraction of sp³-hybridized carbons (Fsp3) is 0.0462. The van der Waals surface area contributed by atoms with Crippen molar-refractivity contribution in [1.82, 2.24) is 0 Å². The van der Waals surface area contributed by atoms with Crippen LogP contribution in [0.15, 0.2) is 249 Å². The van der Waals surface area contributed by atoms with E-state index in [0.29, 0.717) is 0 Å². The van der Waals surface area contributed by atoms with Crippen LogP contribution >= 0.6 is 0 Å². The molecule has 66 heavy (non-hydrogen) atoms. The summed E-state index contributed by atoms with van der Waals surface area (Å²) in [5, 5.41) is 5.06. The molecule has 0 bridgehead atoms. The fourth-order valence-corrected chi connectivity index (χ4v) is 10.8. The Hall–Kier alpha value is -8.26. The number of fused-ring (bicyclic) bond motifs is 6. The minimum atomic E-state index is -0.0873. The predicted octanol–water partition coefficient (Wildman–Crippen LogP) is 18.1. The molecule has 0 aromatic heterocycles. The van der Waals surface area contributed by atoms with Crippen molar-refractivity contribution in [3.8, 4) is 66.8 Å². The first-order chi connectivity index (χ1) is 32.5. The van der Waals surface area contributed by atoms with Gasteiger partial charge in [-0.1, -0.05) is 232 Å². The molecule has 0 heterocycles. The summed E-state index contributed by atoms with van der Waals surface area (Å²) in [5.74, 6) is 0. The molecule has 0 saturated carbocycles. The van der Waals surface area contributed by atoms with Gasteiger partial charge in [0, 0.05) is 22.4 Å². The van der Waals surface area contributed by atoms with Crippen molar-refractivity contribution in [2.75, 3.05) is 4.90 Å². The number of anilines is 3. The van der Waals surface area contributed by atoms with Crippen molar-refractivity contribution in [2.24, 2.45) is 0 Å². The molecule has 1 nitrogen and oxygen atoms in total. The first kappa shape index (κ1) is 39.3. The Kier molecular flexibility index (Phi) is 9.58. The van der Waals surface area contributed by atoms with Gasteiger partial charge >= 0.3 is 0 Å². The molecule has 0 amide bonds. The zero-order valence-corrected chi connectivity index (χ0v) is 37.1. The van der Waals surface area contributed by atoms with Crippen LogP contribution in [-0.2, 0) is 5.41 Å². The minimum Gasteiger partial charge on any atom is -0.310 e. The van der Waals surface area contributed by atoms with Gasteiger partial charge in [0.25, 0.3) is 0 Å². The zero-order valence-electron chi connectivity index (χ0n) is 37.1. The lowest BCUT2D eigenvalue weighted by molar-refractivity contribution is 0.660. The van der Waals surface area contributed by atoms with Crippen molar-refractivity contribution < 1.29 is 0 Å². The molecule has 0 unspecified atom stereocenters. The second-order valence-corrected chi connectivity index (χ2v) is 18.0. The van der Waals surface area contributed by atoms with E-state index in [1.165, 1.54) is 93.9 Å². The van der Waals surface area contributed by atoms with E-state index in [2.05, 4.69) is 267 Å². The van der Waals surface area contributed by atoms with Gasteiger partial charge in [-0.15, -0.1) is 0 Å². The summed E-state index contributed by atoms with van der Waals surface area (Å²) >= 11 is 0. The Bertz CT molecular complexity index is 3620. The van der Waals surface area contributed by atoms with E-state index >= 15 is 0 Å². The van der Waals surface area contributed by atoms with Crippen LogP contribution in [0.1, 0.15) is 25.0 Å². The average Bonchev–Trinajstić information content (AvgIpc) is 3.62. The number of hydrogen-bond donors (Lipinski definition) is 0. The van der Waals surface area contributed by atoms with Gasteiger partial charge in [-0.3, -0.25) is 0 Å². The van der Waals surface area contributed by atoms with Gasteiger partial charge in [-0.25, -0.2) is 0 Å². The van der Waals surface area contributed by atoms with Crippen LogP contribution in [0.25, 0.3) is 88.3 Å². The van der Waals surface area contributed by atoms with Crippen LogP contribution in [0, 0.1) is 0 Å². The number of para-hydroxylation sites is 1. The maximum atomic E-state index is 2.46. The number of hydrogen-bond acceptors (Lipinski definition) is 1. The SMILES string of the molecule is CC1(C)c2ccccc2-c2c(-c3cccc(N(c4ccc(-c5cccc6c5ccc5ccccc56)cc4)c4ccccc4-c4ccccc4-c4ccccc4-c4ccccc4)c3)cccc21. The third-order valence-electron chi connectivity index (χ3n) is 13.9. The smallest absolute Gasteiger partial charge is 0.0540 e. The number of nitrogens with zero attached hydrogens (tertiary/aromatic N) is 1. The second-order valence-electron chi connectivity index (χ2n) is 18.0. The van der Waals surface area contributed by atoms with Gasteiger partial charge in [-0.05, 0) is 124 Å². The molecule has 0 spiro atoms. The van der Waals surface area contributed by atoms with E-state index in [4.69, 9.17) is 0 Å². The summed E-state index contributed by atoms with van der Waals surface area (Å²) in [5.41, 5.74) is 20.6. The fourth-order valence-electron chi connectivity index (χ4n) is 10.8. The Labute approximate surface area is 387 Å². The molecule has 0 fully saturated rings. The molecule has 1 aliphatic carbocycles. The van der Waals surface area contributed by atoms with E-state index in [1.54, 1.807) is 0 Å². The standard InChI is InChI=1S/C65H47N/c1-65(2)61-34-14-12-30-60(61)64-53(32-18-35-62(64)65)47-22-16-23-49(43-47)66(48-40-37-46(38-41-48)52-31-17-33-55-51-24-7-6-21-45(51)39-42-58(52)55)63-36-15-13-29-59(63)57-28-11-10-27-56(57)54-26-9-8-25-50(54)44-19-4-3-5-20-44/h3-43H,1-2H3. The molecular formula is C65H47N. The maximum Gasteiger partial charge on any atom is 0.0540 e. The molecule has 0 radical (unpaired) electrons. The topological polar surface area (TPSA) is 3.24 Å². The highest BCUT2D eigenvalue weighted by molar-refractivity contribution is 6.12. The summed E-state index contributed by atoms with van der Waals surface area (Å²) in [4.78, 5) is 2.46. The lowest BCUT2D eigenvalue weighted by atomic mass is 9.82. The summed E-state index contributed by atoms with van der Waals surface area (Å²) in [6, 6.07) is 91.4. The molecule has 0 aliphatic heterocycles. The third kappa shape index (κ3) is 6.55. The van der Waals surface area contributed by atoms with Crippen LogP contribution in [0.5, 0.6) is 0 Å². The predicted molar refractivity (Wildman–Crippen MR) is 281 cm³/mol. The van der Waals surface area contributed by atoms with E-state index in [1.807, 2.05) is 0 Å². The van der Waals surface area contributed by atoms with Crippen molar-refractivity contribution >= 4 is 38.6 Å². The molecular weight excluding hydrogens is 795 g/mol. The van der Waals surface area contributed by atoms with Crippen LogP contribution in [-0.4, -0.2) is 0 Å². The highest BCUT2D eigenvalue weighted by Gasteiger charge is 2.36. The lowest BCUT2D eigenvalue weighted by Crippen LogP contribution is -2.14. The summed E-state index contributed by atoms with van der Waals surface area (Å²) < 4.78 is 0. The van der Waals surface area contributed by atoms with Crippen LogP contribution in [0.3, 0.4) is 0 Å². The largest absolute Gasteiger partial charge is 0.310 e. The first-order valence-electron chi connectivity index (χ1n) is 23.0. The average molecular weight is 842 g/mol. The summed E-state index contributed by atoms with van der Waals surface area (Å²) in [7, 11) is 0. The van der Waals surface area contributed by atoms with Crippen LogP contribution in [0.2, 0.25) is 0 Å². The Morgan fingerprint density at radius 2 is 0.818 bits per heavy atom. The normalized spacial score (nSPS) is 12.5. The summed E-state index contributed by atoms with van der Waals surface area (Å²) in [6.45, 7) is 4.72. The quantitative estimate of drug-likeness (QED) is 0.138. The lowest BCUT2D eigenvalue weighted by Gasteiger charge is -2.29. The molecule has 0 atom stereocenters. The zero-order chi connectivity index (χ0) is 44.2. The van der Waals surface area contributed by atoms with Crippen molar-refractivity contribution in [3.05, 3.63) is 260 Å². The van der Waals surface area contributed by atoms with Gasteiger partial charge in [0.1, 0.15) is 0 Å². The van der Waals surface area contributed by atoms with Gasteiger partial charge in [0.2, 0.25) is 0 Å². The Balaban J connectivity index is 1.04. The Morgan fingerprint density at radius 1 is 0.288 bits per heavy atom. The molecule has 1 heteroatoms. The van der Waals surface area contributed by atoms with Crippen LogP contribution in [0.4, 0.5) is 17.1 Å². The molecule has 0 N–H and O–H groups in total. The van der Waals surface area contributed by atoms with Crippen molar-refractivity contribution in [1.29, 1.82) is 0 Å². The van der Waals surface area contributed by atoms with Gasteiger partial charge in [-0.2, -0.15) is 0 Å². The molecule has 12 rings (SSSR count). The number of rotatable bonds is 8. The molecule has 11 aromatic carbocycles. The monoisotopic (exact) mass is 841 g/mol.